The van der Waals surface area contributed by atoms with Crippen LogP contribution in [-0.2, 0) is 16.0 Å². The van der Waals surface area contributed by atoms with E-state index < -0.39 is 0 Å². The second-order valence-electron chi connectivity index (χ2n) is 9.75. The highest BCUT2D eigenvalue weighted by Crippen LogP contribution is 2.26. The first-order valence-corrected chi connectivity index (χ1v) is 11.4. The maximum absolute atomic E-state index is 12.5. The number of carbonyl (C=O) groups excluding carboxylic acids is 2. The summed E-state index contributed by atoms with van der Waals surface area (Å²) in [5.41, 5.74) is 3.27. The lowest BCUT2D eigenvalue weighted by atomic mass is 9.87. The van der Waals surface area contributed by atoms with Gasteiger partial charge in [0.05, 0.1) is 0 Å². The van der Waals surface area contributed by atoms with Crippen molar-refractivity contribution in [1.82, 2.24) is 0 Å². The van der Waals surface area contributed by atoms with Gasteiger partial charge in [-0.05, 0) is 54.7 Å². The molecule has 0 bridgehead atoms. The molecule has 0 aliphatic carbocycles. The van der Waals surface area contributed by atoms with E-state index in [1.807, 2.05) is 76.2 Å². The summed E-state index contributed by atoms with van der Waals surface area (Å²) in [7, 11) is 0. The van der Waals surface area contributed by atoms with Crippen molar-refractivity contribution in [3.8, 4) is 0 Å². The third-order valence-corrected chi connectivity index (χ3v) is 5.81. The lowest BCUT2D eigenvalue weighted by Gasteiger charge is -2.23. The first kappa shape index (κ1) is 24.6. The molecule has 2 aromatic carbocycles. The van der Waals surface area contributed by atoms with Crippen molar-refractivity contribution in [2.24, 2.45) is 10.8 Å². The number of carbonyl (C=O) groups is 2. The van der Waals surface area contributed by atoms with Gasteiger partial charge in [0.1, 0.15) is 0 Å². The van der Waals surface area contributed by atoms with E-state index in [-0.39, 0.29) is 22.6 Å². The Hall–Kier alpha value is -2.62. The van der Waals surface area contributed by atoms with Crippen molar-refractivity contribution < 1.29 is 9.59 Å². The normalized spacial score (nSPS) is 11.8. The average Bonchev–Trinajstić information content (AvgIpc) is 2.70. The highest BCUT2D eigenvalue weighted by atomic mass is 16.2. The number of nitrogens with one attached hydrogen (secondary N) is 2. The van der Waals surface area contributed by atoms with E-state index in [1.54, 1.807) is 0 Å². The van der Waals surface area contributed by atoms with E-state index in [9.17, 15) is 9.59 Å². The number of amides is 2. The summed E-state index contributed by atoms with van der Waals surface area (Å²) in [6.45, 7) is 12.1. The first-order valence-electron chi connectivity index (χ1n) is 11.4. The van der Waals surface area contributed by atoms with Crippen molar-refractivity contribution in [3.05, 3.63) is 59.7 Å². The Kier molecular flexibility index (Phi) is 8.43. The van der Waals surface area contributed by atoms with Gasteiger partial charge in [-0.2, -0.15) is 0 Å². The highest BCUT2D eigenvalue weighted by molar-refractivity contribution is 5.95. The lowest BCUT2D eigenvalue weighted by Crippen LogP contribution is -2.30. The summed E-state index contributed by atoms with van der Waals surface area (Å²) in [5.74, 6) is 0.115. The average molecular weight is 423 g/mol. The molecule has 0 radical (unpaired) electrons. The standard InChI is InChI=1S/C27H38N2O2/c1-7-17-26(3,4)24(30)28-22-13-9-20(10-14-22)19-21-11-15-23(16-12-21)29-25(31)27(5,6)18-8-2/h9-16H,7-8,17-19H2,1-6H3,(H,28,30)(H,29,31). The smallest absolute Gasteiger partial charge is 0.230 e. The Bertz CT molecular complexity index is 792. The molecule has 31 heavy (non-hydrogen) atoms. The van der Waals surface area contributed by atoms with Crippen LogP contribution >= 0.6 is 0 Å². The lowest BCUT2D eigenvalue weighted by molar-refractivity contribution is -0.125. The Morgan fingerprint density at radius 3 is 1.26 bits per heavy atom. The maximum atomic E-state index is 12.5. The van der Waals surface area contributed by atoms with E-state index in [0.717, 1.165) is 43.5 Å². The van der Waals surface area contributed by atoms with Crippen LogP contribution in [0, 0.1) is 10.8 Å². The number of rotatable bonds is 10. The van der Waals surface area contributed by atoms with Gasteiger partial charge in [-0.25, -0.2) is 0 Å². The predicted octanol–water partition coefficient (Wildman–Crippen LogP) is 6.81. The number of anilines is 2. The van der Waals surface area contributed by atoms with Crippen molar-refractivity contribution in [3.63, 3.8) is 0 Å². The van der Waals surface area contributed by atoms with Gasteiger partial charge in [-0.1, -0.05) is 78.6 Å². The molecule has 0 aromatic heterocycles. The van der Waals surface area contributed by atoms with Crippen LogP contribution in [0.1, 0.15) is 78.4 Å². The third-order valence-electron chi connectivity index (χ3n) is 5.81. The molecule has 0 saturated carbocycles. The molecule has 0 fully saturated rings. The minimum atomic E-state index is -0.365. The molecular weight excluding hydrogens is 384 g/mol. The molecule has 2 rings (SSSR count). The molecular formula is C27H38N2O2. The fraction of sp³-hybridized carbons (Fsp3) is 0.481. The number of hydrogen-bond acceptors (Lipinski definition) is 2. The van der Waals surface area contributed by atoms with E-state index in [1.165, 1.54) is 11.1 Å². The summed E-state index contributed by atoms with van der Waals surface area (Å²) in [6.07, 6.45) is 4.49. The molecule has 4 heteroatoms. The summed E-state index contributed by atoms with van der Waals surface area (Å²) >= 11 is 0. The monoisotopic (exact) mass is 422 g/mol. The van der Waals surface area contributed by atoms with Crippen molar-refractivity contribution in [1.29, 1.82) is 0 Å². The number of hydrogen-bond donors (Lipinski definition) is 2. The molecule has 0 spiro atoms. The zero-order chi connectivity index (χ0) is 23.1. The van der Waals surface area contributed by atoms with Crippen LogP contribution in [0.3, 0.4) is 0 Å². The van der Waals surface area contributed by atoms with Gasteiger partial charge < -0.3 is 10.6 Å². The van der Waals surface area contributed by atoms with E-state index in [4.69, 9.17) is 0 Å². The van der Waals surface area contributed by atoms with Crippen molar-refractivity contribution >= 4 is 23.2 Å². The quantitative estimate of drug-likeness (QED) is 0.442. The van der Waals surface area contributed by atoms with Gasteiger partial charge in [0.2, 0.25) is 11.8 Å². The second-order valence-corrected chi connectivity index (χ2v) is 9.75. The van der Waals surface area contributed by atoms with Crippen LogP contribution in [0.4, 0.5) is 11.4 Å². The van der Waals surface area contributed by atoms with Gasteiger partial charge in [0, 0.05) is 22.2 Å². The molecule has 0 aliphatic rings. The predicted molar refractivity (Wildman–Crippen MR) is 130 cm³/mol. The van der Waals surface area contributed by atoms with Crippen LogP contribution < -0.4 is 10.6 Å². The molecule has 2 N–H and O–H groups in total. The summed E-state index contributed by atoms with van der Waals surface area (Å²) in [6, 6.07) is 16.0. The molecule has 0 unspecified atom stereocenters. The van der Waals surface area contributed by atoms with Crippen LogP contribution in [0.2, 0.25) is 0 Å². The molecule has 4 nitrogen and oxygen atoms in total. The second kappa shape index (κ2) is 10.6. The fourth-order valence-corrected chi connectivity index (χ4v) is 3.73. The van der Waals surface area contributed by atoms with Crippen LogP contribution in [0.25, 0.3) is 0 Å². The largest absolute Gasteiger partial charge is 0.326 e. The molecule has 0 heterocycles. The number of benzene rings is 2. The Balaban J connectivity index is 1.95. The topological polar surface area (TPSA) is 58.2 Å². The van der Waals surface area contributed by atoms with Crippen LogP contribution in [0.15, 0.2) is 48.5 Å². The van der Waals surface area contributed by atoms with Gasteiger partial charge in [0.25, 0.3) is 0 Å². The molecule has 0 aliphatic heterocycles. The SMILES string of the molecule is CCCC(C)(C)C(=O)Nc1ccc(Cc2ccc(NC(=O)C(C)(C)CCC)cc2)cc1. The Morgan fingerprint density at radius 2 is 0.968 bits per heavy atom. The fourth-order valence-electron chi connectivity index (χ4n) is 3.73. The zero-order valence-electron chi connectivity index (χ0n) is 20.0. The third kappa shape index (κ3) is 7.23. The highest BCUT2D eigenvalue weighted by Gasteiger charge is 2.27. The van der Waals surface area contributed by atoms with Crippen LogP contribution in [-0.4, -0.2) is 11.8 Å². The first-order chi connectivity index (χ1) is 14.6. The van der Waals surface area contributed by atoms with Gasteiger partial charge in [-0.15, -0.1) is 0 Å². The van der Waals surface area contributed by atoms with Gasteiger partial charge >= 0.3 is 0 Å². The minimum Gasteiger partial charge on any atom is -0.326 e. The summed E-state index contributed by atoms with van der Waals surface area (Å²) in [4.78, 5) is 24.9. The van der Waals surface area contributed by atoms with E-state index in [0.29, 0.717) is 0 Å². The Morgan fingerprint density at radius 1 is 0.645 bits per heavy atom. The van der Waals surface area contributed by atoms with Gasteiger partial charge in [0.15, 0.2) is 0 Å². The molecule has 168 valence electrons. The van der Waals surface area contributed by atoms with Crippen LogP contribution in [0.5, 0.6) is 0 Å². The minimum absolute atomic E-state index is 0.0573. The molecule has 0 saturated heterocycles. The van der Waals surface area contributed by atoms with Crippen molar-refractivity contribution in [2.75, 3.05) is 10.6 Å². The van der Waals surface area contributed by atoms with Crippen molar-refractivity contribution in [2.45, 2.75) is 73.6 Å². The zero-order valence-corrected chi connectivity index (χ0v) is 20.0. The summed E-state index contributed by atoms with van der Waals surface area (Å²) in [5, 5.41) is 6.05. The van der Waals surface area contributed by atoms with E-state index in [2.05, 4.69) is 24.5 Å². The molecule has 2 aromatic rings. The molecule has 0 atom stereocenters. The van der Waals surface area contributed by atoms with Gasteiger partial charge in [-0.3, -0.25) is 9.59 Å². The summed E-state index contributed by atoms with van der Waals surface area (Å²) < 4.78 is 0. The molecule has 2 amide bonds. The maximum Gasteiger partial charge on any atom is 0.230 e. The Labute approximate surface area is 187 Å². The van der Waals surface area contributed by atoms with E-state index >= 15 is 0 Å².